The van der Waals surface area contributed by atoms with Crippen molar-refractivity contribution in [3.8, 4) is 12.3 Å². The van der Waals surface area contributed by atoms with Gasteiger partial charge < -0.3 is 9.88 Å². The van der Waals surface area contributed by atoms with E-state index >= 15 is 0 Å². The van der Waals surface area contributed by atoms with Crippen LogP contribution in [0, 0.1) is 12.3 Å². The van der Waals surface area contributed by atoms with Crippen LogP contribution in [0.25, 0.3) is 0 Å². The molecule has 6 heteroatoms. The lowest BCUT2D eigenvalue weighted by Crippen LogP contribution is -2.31. The lowest BCUT2D eigenvalue weighted by molar-refractivity contribution is 0.464. The molecule has 0 radical (unpaired) electrons. The van der Waals surface area contributed by atoms with Crippen LogP contribution in [-0.2, 0) is 23.1 Å². The molecule has 0 saturated heterocycles. The molecule has 21 heavy (non-hydrogen) atoms. The van der Waals surface area contributed by atoms with Gasteiger partial charge in [0.1, 0.15) is 4.90 Å². The van der Waals surface area contributed by atoms with Gasteiger partial charge in [-0.3, -0.25) is 0 Å². The van der Waals surface area contributed by atoms with Gasteiger partial charge in [0.2, 0.25) is 10.0 Å². The highest BCUT2D eigenvalue weighted by Gasteiger charge is 2.24. The Hall–Kier alpha value is -1.29. The maximum absolute atomic E-state index is 12.6. The lowest BCUT2D eigenvalue weighted by Gasteiger charge is -2.16. The topological polar surface area (TPSA) is 54.3 Å². The van der Waals surface area contributed by atoms with Crippen molar-refractivity contribution >= 4 is 10.0 Å². The van der Waals surface area contributed by atoms with Crippen LogP contribution >= 0.6 is 0 Å². The summed E-state index contributed by atoms with van der Waals surface area (Å²) in [5.74, 6) is 2.40. The molecule has 0 spiro atoms. The number of sulfonamides is 1. The van der Waals surface area contributed by atoms with E-state index in [9.17, 15) is 8.42 Å². The van der Waals surface area contributed by atoms with Crippen LogP contribution < -0.4 is 5.32 Å². The second-order valence-electron chi connectivity index (χ2n) is 4.77. The van der Waals surface area contributed by atoms with Crippen molar-refractivity contribution in [1.29, 1.82) is 0 Å². The van der Waals surface area contributed by atoms with Crippen LogP contribution in [-0.4, -0.2) is 36.9 Å². The third kappa shape index (κ3) is 4.34. The van der Waals surface area contributed by atoms with Gasteiger partial charge in [0.05, 0.1) is 6.54 Å². The number of terminal acetylenes is 1. The van der Waals surface area contributed by atoms with Crippen molar-refractivity contribution < 1.29 is 8.42 Å². The fraction of sp³-hybridized carbons (Fsp3) is 0.600. The molecule has 0 amide bonds. The summed E-state index contributed by atoms with van der Waals surface area (Å²) in [6.45, 7) is 8.66. The van der Waals surface area contributed by atoms with Crippen molar-refractivity contribution in [3.05, 3.63) is 18.0 Å². The first-order chi connectivity index (χ1) is 10.0. The minimum absolute atomic E-state index is 0.0968. The molecule has 0 aliphatic rings. The van der Waals surface area contributed by atoms with E-state index in [0.29, 0.717) is 18.0 Å². The third-order valence-corrected chi connectivity index (χ3v) is 5.18. The summed E-state index contributed by atoms with van der Waals surface area (Å²) in [4.78, 5) is 0.315. The highest BCUT2D eigenvalue weighted by atomic mass is 32.2. The summed E-state index contributed by atoms with van der Waals surface area (Å²) < 4.78 is 28.4. The molecule has 0 bridgehead atoms. The van der Waals surface area contributed by atoms with E-state index in [1.165, 1.54) is 4.31 Å². The number of hydrogen-bond acceptors (Lipinski definition) is 3. The molecule has 0 aromatic carbocycles. The number of aromatic nitrogens is 1. The average Bonchev–Trinajstić information content (AvgIpc) is 2.88. The molecular formula is C15H25N3O2S. The van der Waals surface area contributed by atoms with Crippen LogP contribution in [0.2, 0.25) is 0 Å². The summed E-state index contributed by atoms with van der Waals surface area (Å²) >= 11 is 0. The zero-order valence-corrected chi connectivity index (χ0v) is 13.9. The van der Waals surface area contributed by atoms with Gasteiger partial charge in [-0.15, -0.1) is 6.42 Å². The maximum atomic E-state index is 12.6. The Bertz CT molecular complexity index is 585. The van der Waals surface area contributed by atoms with Gasteiger partial charge in [-0.25, -0.2) is 8.42 Å². The SMILES string of the molecule is C#CCN(CC)S(=O)(=O)c1cc(CNCCC)n(CC)c1. The minimum atomic E-state index is -3.51. The number of rotatable bonds is 9. The standard InChI is InChI=1S/C15H25N3O2S/c1-5-9-16-12-14-11-15(13-17(14)7-3)21(19,20)18(8-4)10-6-2/h2,11,13,16H,5,7-10,12H2,1,3-4H3. The van der Waals surface area contributed by atoms with Crippen molar-refractivity contribution in [2.75, 3.05) is 19.6 Å². The van der Waals surface area contributed by atoms with E-state index in [0.717, 1.165) is 25.2 Å². The molecule has 0 atom stereocenters. The van der Waals surface area contributed by atoms with Crippen LogP contribution in [0.5, 0.6) is 0 Å². The summed E-state index contributed by atoms with van der Waals surface area (Å²) in [7, 11) is -3.51. The Morgan fingerprint density at radius 1 is 1.38 bits per heavy atom. The van der Waals surface area contributed by atoms with Crippen molar-refractivity contribution in [3.63, 3.8) is 0 Å². The smallest absolute Gasteiger partial charge is 0.245 e. The first-order valence-corrected chi connectivity index (χ1v) is 8.78. The second kappa shape index (κ2) is 8.23. The molecule has 0 aliphatic heterocycles. The van der Waals surface area contributed by atoms with Crippen LogP contribution in [0.4, 0.5) is 0 Å². The monoisotopic (exact) mass is 311 g/mol. The summed E-state index contributed by atoms with van der Waals surface area (Å²) in [6.07, 6.45) is 7.99. The molecule has 1 N–H and O–H groups in total. The molecule has 0 saturated carbocycles. The fourth-order valence-corrected chi connectivity index (χ4v) is 3.55. The Morgan fingerprint density at radius 3 is 2.62 bits per heavy atom. The van der Waals surface area contributed by atoms with Gasteiger partial charge >= 0.3 is 0 Å². The van der Waals surface area contributed by atoms with Gasteiger partial charge in [0, 0.05) is 31.5 Å². The van der Waals surface area contributed by atoms with E-state index in [2.05, 4.69) is 18.2 Å². The van der Waals surface area contributed by atoms with E-state index < -0.39 is 10.0 Å². The molecule has 1 aromatic heterocycles. The van der Waals surface area contributed by atoms with Crippen LogP contribution in [0.1, 0.15) is 32.9 Å². The summed E-state index contributed by atoms with van der Waals surface area (Å²) in [6, 6.07) is 1.74. The molecule has 0 unspecified atom stereocenters. The number of aryl methyl sites for hydroxylation is 1. The van der Waals surface area contributed by atoms with Gasteiger partial charge in [-0.05, 0) is 26.0 Å². The Kier molecular flexibility index (Phi) is 6.96. The number of nitrogens with one attached hydrogen (secondary N) is 1. The van der Waals surface area contributed by atoms with Gasteiger partial charge in [0.15, 0.2) is 0 Å². The molecule has 5 nitrogen and oxygen atoms in total. The van der Waals surface area contributed by atoms with E-state index in [4.69, 9.17) is 6.42 Å². The zero-order chi connectivity index (χ0) is 15.9. The number of nitrogens with zero attached hydrogens (tertiary/aromatic N) is 2. The van der Waals surface area contributed by atoms with Crippen LogP contribution in [0.15, 0.2) is 17.2 Å². The van der Waals surface area contributed by atoms with E-state index in [1.54, 1.807) is 19.2 Å². The predicted octanol–water partition coefficient (Wildman–Crippen LogP) is 1.65. The zero-order valence-electron chi connectivity index (χ0n) is 13.1. The normalized spacial score (nSPS) is 11.8. The minimum Gasteiger partial charge on any atom is -0.349 e. The summed E-state index contributed by atoms with van der Waals surface area (Å²) in [5, 5.41) is 3.30. The first kappa shape index (κ1) is 17.8. The second-order valence-corrected chi connectivity index (χ2v) is 6.70. The third-order valence-electron chi connectivity index (χ3n) is 3.29. The molecule has 1 rings (SSSR count). The van der Waals surface area contributed by atoms with Crippen LogP contribution in [0.3, 0.4) is 0 Å². The van der Waals surface area contributed by atoms with E-state index in [-0.39, 0.29) is 6.54 Å². The van der Waals surface area contributed by atoms with Crippen molar-refractivity contribution in [2.45, 2.75) is 45.2 Å². The van der Waals surface area contributed by atoms with Gasteiger partial charge in [0.25, 0.3) is 0 Å². The molecule has 1 heterocycles. The van der Waals surface area contributed by atoms with E-state index in [1.807, 2.05) is 11.5 Å². The summed E-state index contributed by atoms with van der Waals surface area (Å²) in [5.41, 5.74) is 0.973. The Balaban J connectivity index is 3.05. The lowest BCUT2D eigenvalue weighted by atomic mass is 10.4. The molecule has 0 fully saturated rings. The average molecular weight is 311 g/mol. The Morgan fingerprint density at radius 2 is 2.10 bits per heavy atom. The van der Waals surface area contributed by atoms with Gasteiger partial charge in [-0.2, -0.15) is 4.31 Å². The molecular weight excluding hydrogens is 286 g/mol. The molecule has 118 valence electrons. The number of hydrogen-bond donors (Lipinski definition) is 1. The quantitative estimate of drug-likeness (QED) is 0.557. The Labute approximate surface area is 128 Å². The van der Waals surface area contributed by atoms with Gasteiger partial charge in [-0.1, -0.05) is 19.8 Å². The van der Waals surface area contributed by atoms with Crippen molar-refractivity contribution in [1.82, 2.24) is 14.2 Å². The fourth-order valence-electron chi connectivity index (χ4n) is 2.12. The van der Waals surface area contributed by atoms with Crippen molar-refractivity contribution in [2.24, 2.45) is 0 Å². The first-order valence-electron chi connectivity index (χ1n) is 7.34. The highest BCUT2D eigenvalue weighted by Crippen LogP contribution is 2.19. The predicted molar refractivity (Wildman–Crippen MR) is 85.4 cm³/mol. The largest absolute Gasteiger partial charge is 0.349 e. The molecule has 1 aromatic rings. The highest BCUT2D eigenvalue weighted by molar-refractivity contribution is 7.89. The maximum Gasteiger partial charge on any atom is 0.245 e. The molecule has 0 aliphatic carbocycles.